The molecule has 4 rings (SSSR count). The fourth-order valence-electron chi connectivity index (χ4n) is 3.59. The number of rotatable bonds is 4. The molecule has 7 nitrogen and oxygen atoms in total. The quantitative estimate of drug-likeness (QED) is 0.855. The highest BCUT2D eigenvalue weighted by Crippen LogP contribution is 2.25. The fraction of sp³-hybridized carbons (Fsp3) is 0.500. The van der Waals surface area contributed by atoms with Gasteiger partial charge in [-0.1, -0.05) is 12.1 Å². The molecule has 3 heterocycles. The zero-order valence-corrected chi connectivity index (χ0v) is 15.9. The number of nitrogens with two attached hydrogens (primary N) is 1. The lowest BCUT2D eigenvalue weighted by Gasteiger charge is -2.34. The number of hydrogen-bond acceptors (Lipinski definition) is 7. The van der Waals surface area contributed by atoms with Gasteiger partial charge in [0.2, 0.25) is 0 Å². The van der Waals surface area contributed by atoms with E-state index in [0.29, 0.717) is 17.7 Å². The van der Waals surface area contributed by atoms with E-state index in [1.54, 1.807) is 6.20 Å². The Balaban J connectivity index is 1.48. The maximum Gasteiger partial charge on any atom is 0.169 e. The van der Waals surface area contributed by atoms with Crippen LogP contribution in [0.4, 0.5) is 17.3 Å². The van der Waals surface area contributed by atoms with Crippen LogP contribution in [0, 0.1) is 0 Å². The lowest BCUT2D eigenvalue weighted by atomic mass is 10.1. The smallest absolute Gasteiger partial charge is 0.169 e. The number of nitrogen functional groups attached to an aromatic ring is 1. The van der Waals surface area contributed by atoms with E-state index in [1.165, 1.54) is 5.69 Å². The Labute approximate surface area is 160 Å². The van der Waals surface area contributed by atoms with Gasteiger partial charge in [-0.25, -0.2) is 9.97 Å². The first-order valence-electron chi connectivity index (χ1n) is 9.70. The van der Waals surface area contributed by atoms with Gasteiger partial charge in [0.05, 0.1) is 11.9 Å². The number of anilines is 3. The molecule has 2 saturated heterocycles. The molecule has 144 valence electrons. The number of hydrogen-bond donors (Lipinski definition) is 2. The first-order chi connectivity index (χ1) is 13.2. The maximum absolute atomic E-state index is 6.04. The summed E-state index contributed by atoms with van der Waals surface area (Å²) < 4.78 is 5.41. The number of likely N-dealkylation sites (N-methyl/N-ethyl adjacent to an activating group) is 1. The van der Waals surface area contributed by atoms with Gasteiger partial charge < -0.3 is 25.6 Å². The molecular formula is C20H28N6O. The molecule has 0 amide bonds. The van der Waals surface area contributed by atoms with Crippen molar-refractivity contribution < 1.29 is 4.74 Å². The minimum absolute atomic E-state index is 0.338. The summed E-state index contributed by atoms with van der Waals surface area (Å²) in [6.45, 7) is 5.89. The van der Waals surface area contributed by atoms with Gasteiger partial charge in [0, 0.05) is 56.7 Å². The lowest BCUT2D eigenvalue weighted by molar-refractivity contribution is 0.0904. The van der Waals surface area contributed by atoms with Gasteiger partial charge in [-0.15, -0.1) is 0 Å². The molecule has 2 fully saturated rings. The third-order valence-corrected chi connectivity index (χ3v) is 5.39. The highest BCUT2D eigenvalue weighted by molar-refractivity contribution is 5.67. The molecule has 0 spiro atoms. The van der Waals surface area contributed by atoms with Gasteiger partial charge in [0.25, 0.3) is 0 Å². The van der Waals surface area contributed by atoms with Crippen molar-refractivity contribution in [3.05, 3.63) is 30.5 Å². The lowest BCUT2D eigenvalue weighted by Crippen LogP contribution is -2.44. The number of nitrogens with zero attached hydrogens (tertiary/aromatic N) is 4. The standard InChI is InChI=1S/C20H28N6O/c1-25-8-10-26(11-9-25)17-4-2-15(3-5-17)18-14-22-19(21)20(24-18)23-16-6-12-27-13-7-16/h2-5,14,16H,6-13H2,1H3,(H2,21,22)(H,23,24). The number of nitrogens with one attached hydrogen (secondary N) is 1. The summed E-state index contributed by atoms with van der Waals surface area (Å²) in [4.78, 5) is 13.9. The van der Waals surface area contributed by atoms with Crippen LogP contribution < -0.4 is 16.0 Å². The van der Waals surface area contributed by atoms with Crippen molar-refractivity contribution in [2.45, 2.75) is 18.9 Å². The second-order valence-corrected chi connectivity index (χ2v) is 7.36. The van der Waals surface area contributed by atoms with Crippen LogP contribution in [0.2, 0.25) is 0 Å². The van der Waals surface area contributed by atoms with E-state index in [-0.39, 0.29) is 0 Å². The Bertz CT molecular complexity index is 752. The van der Waals surface area contributed by atoms with Gasteiger partial charge in [0.1, 0.15) is 0 Å². The van der Waals surface area contributed by atoms with Crippen molar-refractivity contribution in [1.29, 1.82) is 0 Å². The fourth-order valence-corrected chi connectivity index (χ4v) is 3.59. The topological polar surface area (TPSA) is 79.5 Å². The monoisotopic (exact) mass is 368 g/mol. The van der Waals surface area contributed by atoms with E-state index in [2.05, 4.69) is 51.4 Å². The van der Waals surface area contributed by atoms with Gasteiger partial charge in [-0.3, -0.25) is 0 Å². The summed E-state index contributed by atoms with van der Waals surface area (Å²) in [6.07, 6.45) is 3.67. The third-order valence-electron chi connectivity index (χ3n) is 5.39. The molecule has 2 aliphatic heterocycles. The minimum atomic E-state index is 0.338. The average molecular weight is 368 g/mol. The Morgan fingerprint density at radius 2 is 1.78 bits per heavy atom. The second-order valence-electron chi connectivity index (χ2n) is 7.36. The molecule has 2 aliphatic rings. The van der Waals surface area contributed by atoms with Crippen molar-refractivity contribution in [3.8, 4) is 11.3 Å². The van der Waals surface area contributed by atoms with Gasteiger partial charge in [-0.05, 0) is 32.0 Å². The Hall–Kier alpha value is -2.38. The van der Waals surface area contributed by atoms with E-state index in [9.17, 15) is 0 Å². The second kappa shape index (κ2) is 8.10. The van der Waals surface area contributed by atoms with E-state index in [0.717, 1.165) is 63.5 Å². The SMILES string of the molecule is CN1CCN(c2ccc(-c3cnc(N)c(NC4CCOCC4)n3)cc2)CC1. The number of aromatic nitrogens is 2. The number of benzene rings is 1. The molecule has 0 atom stereocenters. The van der Waals surface area contributed by atoms with Crippen LogP contribution >= 0.6 is 0 Å². The van der Waals surface area contributed by atoms with Crippen LogP contribution in [-0.2, 0) is 4.74 Å². The van der Waals surface area contributed by atoms with E-state index in [1.807, 2.05) is 0 Å². The molecule has 0 radical (unpaired) electrons. The van der Waals surface area contributed by atoms with Crippen LogP contribution in [0.5, 0.6) is 0 Å². The molecule has 7 heteroatoms. The first-order valence-corrected chi connectivity index (χ1v) is 9.70. The van der Waals surface area contributed by atoms with Gasteiger partial charge in [-0.2, -0.15) is 0 Å². The molecule has 27 heavy (non-hydrogen) atoms. The van der Waals surface area contributed by atoms with Crippen molar-refractivity contribution in [2.24, 2.45) is 0 Å². The molecule has 0 saturated carbocycles. The summed E-state index contributed by atoms with van der Waals surface area (Å²) >= 11 is 0. The predicted molar refractivity (Wildman–Crippen MR) is 109 cm³/mol. The molecule has 0 bridgehead atoms. The zero-order valence-electron chi connectivity index (χ0n) is 15.9. The Morgan fingerprint density at radius 1 is 1.07 bits per heavy atom. The van der Waals surface area contributed by atoms with Crippen molar-refractivity contribution in [3.63, 3.8) is 0 Å². The highest BCUT2D eigenvalue weighted by atomic mass is 16.5. The first kappa shape index (κ1) is 18.0. The highest BCUT2D eigenvalue weighted by Gasteiger charge is 2.17. The summed E-state index contributed by atoms with van der Waals surface area (Å²) in [6, 6.07) is 8.91. The molecular weight excluding hydrogens is 340 g/mol. The van der Waals surface area contributed by atoms with Crippen LogP contribution in [0.15, 0.2) is 30.5 Å². The predicted octanol–water partition coefficient (Wildman–Crippen LogP) is 2.07. The minimum Gasteiger partial charge on any atom is -0.381 e. The van der Waals surface area contributed by atoms with Crippen LogP contribution in [0.25, 0.3) is 11.3 Å². The molecule has 2 aromatic rings. The largest absolute Gasteiger partial charge is 0.381 e. The van der Waals surface area contributed by atoms with E-state index in [4.69, 9.17) is 15.5 Å². The number of piperazine rings is 1. The van der Waals surface area contributed by atoms with Crippen LogP contribution in [-0.4, -0.2) is 67.4 Å². The van der Waals surface area contributed by atoms with Gasteiger partial charge >= 0.3 is 0 Å². The summed E-state index contributed by atoms with van der Waals surface area (Å²) in [5, 5.41) is 3.44. The molecule has 0 unspecified atom stereocenters. The maximum atomic E-state index is 6.04. The average Bonchev–Trinajstić information content (AvgIpc) is 2.71. The summed E-state index contributed by atoms with van der Waals surface area (Å²) in [5.74, 6) is 1.11. The summed E-state index contributed by atoms with van der Waals surface area (Å²) in [5.41, 5.74) is 9.19. The van der Waals surface area contributed by atoms with E-state index >= 15 is 0 Å². The molecule has 1 aromatic heterocycles. The van der Waals surface area contributed by atoms with Crippen molar-refractivity contribution >= 4 is 17.3 Å². The number of ether oxygens (including phenoxy) is 1. The molecule has 1 aromatic carbocycles. The van der Waals surface area contributed by atoms with Crippen LogP contribution in [0.3, 0.4) is 0 Å². The molecule has 3 N–H and O–H groups in total. The zero-order chi connectivity index (χ0) is 18.6. The van der Waals surface area contributed by atoms with Crippen LogP contribution in [0.1, 0.15) is 12.8 Å². The Kier molecular flexibility index (Phi) is 5.40. The third kappa shape index (κ3) is 4.31. The van der Waals surface area contributed by atoms with Crippen molar-refractivity contribution in [2.75, 3.05) is 62.4 Å². The normalized spacial score (nSPS) is 19.2. The Morgan fingerprint density at radius 3 is 2.48 bits per heavy atom. The van der Waals surface area contributed by atoms with Crippen molar-refractivity contribution in [1.82, 2.24) is 14.9 Å². The molecule has 0 aliphatic carbocycles. The summed E-state index contributed by atoms with van der Waals surface area (Å²) in [7, 11) is 2.17. The van der Waals surface area contributed by atoms with Gasteiger partial charge in [0.15, 0.2) is 11.6 Å². The van der Waals surface area contributed by atoms with E-state index < -0.39 is 0 Å².